The predicted octanol–water partition coefficient (Wildman–Crippen LogP) is 3.87. The van der Waals surface area contributed by atoms with Gasteiger partial charge in [0.05, 0.1) is 0 Å². The summed E-state index contributed by atoms with van der Waals surface area (Å²) in [4.78, 5) is 18.9. The lowest BCUT2D eigenvalue weighted by Gasteiger charge is -2.13. The molecule has 2 heterocycles. The molecular weight excluding hydrogens is 356 g/mol. The Morgan fingerprint density at radius 2 is 1.71 bits per heavy atom. The van der Waals surface area contributed by atoms with E-state index < -0.39 is 0 Å². The van der Waals surface area contributed by atoms with Crippen LogP contribution in [0.15, 0.2) is 60.8 Å². The number of nitrogens with one attached hydrogen (secondary N) is 2. The summed E-state index contributed by atoms with van der Waals surface area (Å²) in [5.41, 5.74) is 3.14. The van der Waals surface area contributed by atoms with Crippen LogP contribution in [-0.2, 0) is 0 Å². The van der Waals surface area contributed by atoms with E-state index in [1.807, 2.05) is 43.3 Å². The van der Waals surface area contributed by atoms with E-state index in [9.17, 15) is 4.79 Å². The first-order valence-corrected chi connectivity index (χ1v) is 8.80. The molecular formula is C21H20N4O3. The largest absolute Gasteiger partial charge is 0.454 e. The minimum atomic E-state index is -0.229. The number of hydrogen-bond acceptors (Lipinski definition) is 6. The normalized spacial score (nSPS) is 11.8. The molecule has 1 amide bonds. The van der Waals surface area contributed by atoms with Gasteiger partial charge in [-0.2, -0.15) is 0 Å². The van der Waals surface area contributed by atoms with Crippen LogP contribution in [0.5, 0.6) is 11.5 Å². The molecule has 7 nitrogen and oxygen atoms in total. The van der Waals surface area contributed by atoms with Crippen molar-refractivity contribution in [2.75, 3.05) is 36.4 Å². The number of rotatable bonds is 5. The van der Waals surface area contributed by atoms with Crippen molar-refractivity contribution in [3.05, 3.63) is 66.4 Å². The molecule has 0 saturated carbocycles. The Morgan fingerprint density at radius 1 is 0.964 bits per heavy atom. The molecule has 0 fully saturated rings. The van der Waals surface area contributed by atoms with Gasteiger partial charge in [-0.3, -0.25) is 4.79 Å². The third-order valence-corrected chi connectivity index (χ3v) is 4.31. The van der Waals surface area contributed by atoms with Gasteiger partial charge >= 0.3 is 0 Å². The van der Waals surface area contributed by atoms with Crippen LogP contribution in [0.2, 0.25) is 0 Å². The van der Waals surface area contributed by atoms with Crippen molar-refractivity contribution in [1.82, 2.24) is 4.98 Å². The summed E-state index contributed by atoms with van der Waals surface area (Å²) in [5, 5.41) is 6.08. The van der Waals surface area contributed by atoms with Crippen molar-refractivity contribution < 1.29 is 14.3 Å². The van der Waals surface area contributed by atoms with E-state index in [0.717, 1.165) is 11.4 Å². The van der Waals surface area contributed by atoms with E-state index in [1.54, 1.807) is 36.5 Å². The second kappa shape index (κ2) is 7.48. The minimum Gasteiger partial charge on any atom is -0.454 e. The molecule has 2 N–H and O–H groups in total. The predicted molar refractivity (Wildman–Crippen MR) is 109 cm³/mol. The maximum atomic E-state index is 12.6. The minimum absolute atomic E-state index is 0.196. The Hall–Kier alpha value is -3.74. The van der Waals surface area contributed by atoms with Crippen LogP contribution in [-0.4, -0.2) is 31.8 Å². The fraction of sp³-hybridized carbons (Fsp3) is 0.143. The standard InChI is InChI=1S/C21H20N4O3/c1-25(2)17-6-3-15(4-7-17)23-20-11-14(9-10-22-20)21(26)24-16-5-8-18-19(12-16)28-13-27-18/h3-12H,13H2,1-2H3,(H,22,23)(H,24,26). The number of amides is 1. The lowest BCUT2D eigenvalue weighted by molar-refractivity contribution is 0.102. The molecule has 0 aliphatic carbocycles. The average Bonchev–Trinajstić information content (AvgIpc) is 3.16. The van der Waals surface area contributed by atoms with E-state index in [1.165, 1.54) is 0 Å². The van der Waals surface area contributed by atoms with Gasteiger partial charge in [-0.05, 0) is 48.5 Å². The third kappa shape index (κ3) is 3.83. The lowest BCUT2D eigenvalue weighted by Crippen LogP contribution is -2.12. The Labute approximate surface area is 162 Å². The summed E-state index contributed by atoms with van der Waals surface area (Å²) in [6.45, 7) is 0.196. The fourth-order valence-electron chi connectivity index (χ4n) is 2.81. The molecule has 2 aromatic carbocycles. The smallest absolute Gasteiger partial charge is 0.255 e. The van der Waals surface area contributed by atoms with Crippen molar-refractivity contribution in [2.45, 2.75) is 0 Å². The van der Waals surface area contributed by atoms with Crippen molar-refractivity contribution >= 4 is 28.8 Å². The maximum absolute atomic E-state index is 12.6. The number of ether oxygens (including phenoxy) is 2. The average molecular weight is 376 g/mol. The fourth-order valence-corrected chi connectivity index (χ4v) is 2.81. The molecule has 1 aliphatic rings. The van der Waals surface area contributed by atoms with E-state index in [4.69, 9.17) is 9.47 Å². The molecule has 0 spiro atoms. The van der Waals surface area contributed by atoms with Crippen LogP contribution in [0, 0.1) is 0 Å². The molecule has 0 bridgehead atoms. The first kappa shape index (κ1) is 17.7. The van der Waals surface area contributed by atoms with Gasteiger partial charge in [0.2, 0.25) is 6.79 Å². The second-order valence-electron chi connectivity index (χ2n) is 6.52. The van der Waals surface area contributed by atoms with Crippen molar-refractivity contribution in [2.24, 2.45) is 0 Å². The highest BCUT2D eigenvalue weighted by molar-refractivity contribution is 6.04. The van der Waals surface area contributed by atoms with Gasteiger partial charge in [0, 0.05) is 49.0 Å². The molecule has 7 heteroatoms. The SMILES string of the molecule is CN(C)c1ccc(Nc2cc(C(=O)Nc3ccc4c(c3)OCO4)ccn2)cc1. The molecule has 4 rings (SSSR count). The number of anilines is 4. The molecule has 28 heavy (non-hydrogen) atoms. The van der Waals surface area contributed by atoms with Crippen LogP contribution >= 0.6 is 0 Å². The van der Waals surface area contributed by atoms with Crippen LogP contribution in [0.25, 0.3) is 0 Å². The molecule has 142 valence electrons. The summed E-state index contributed by atoms with van der Waals surface area (Å²) in [6, 6.07) is 16.6. The molecule has 3 aromatic rings. The van der Waals surface area contributed by atoms with Gasteiger partial charge < -0.3 is 25.0 Å². The number of benzene rings is 2. The monoisotopic (exact) mass is 376 g/mol. The van der Waals surface area contributed by atoms with Gasteiger partial charge in [0.1, 0.15) is 5.82 Å². The van der Waals surface area contributed by atoms with Gasteiger partial charge in [-0.1, -0.05) is 0 Å². The van der Waals surface area contributed by atoms with Crippen LogP contribution in [0.3, 0.4) is 0 Å². The zero-order chi connectivity index (χ0) is 19.5. The zero-order valence-corrected chi connectivity index (χ0v) is 15.6. The Morgan fingerprint density at radius 3 is 2.50 bits per heavy atom. The topological polar surface area (TPSA) is 75.7 Å². The van der Waals surface area contributed by atoms with Crippen LogP contribution in [0.4, 0.5) is 22.9 Å². The van der Waals surface area contributed by atoms with Crippen molar-refractivity contribution in [3.63, 3.8) is 0 Å². The quantitative estimate of drug-likeness (QED) is 0.704. The lowest BCUT2D eigenvalue weighted by atomic mass is 10.2. The van der Waals surface area contributed by atoms with E-state index in [-0.39, 0.29) is 12.7 Å². The Balaban J connectivity index is 1.46. The number of nitrogens with zero attached hydrogens (tertiary/aromatic N) is 2. The highest BCUT2D eigenvalue weighted by Crippen LogP contribution is 2.34. The molecule has 0 atom stereocenters. The number of aromatic nitrogens is 1. The zero-order valence-electron chi connectivity index (χ0n) is 15.6. The second-order valence-corrected chi connectivity index (χ2v) is 6.52. The number of carbonyl (C=O) groups is 1. The Kier molecular flexibility index (Phi) is 4.72. The van der Waals surface area contributed by atoms with Crippen LogP contribution < -0.4 is 25.0 Å². The van der Waals surface area contributed by atoms with E-state index in [0.29, 0.717) is 28.6 Å². The number of carbonyl (C=O) groups excluding carboxylic acids is 1. The van der Waals surface area contributed by atoms with E-state index in [2.05, 4.69) is 15.6 Å². The van der Waals surface area contributed by atoms with Gasteiger partial charge in [-0.25, -0.2) is 4.98 Å². The number of fused-ring (bicyclic) bond motifs is 1. The van der Waals surface area contributed by atoms with Gasteiger partial charge in [0.15, 0.2) is 11.5 Å². The maximum Gasteiger partial charge on any atom is 0.255 e. The van der Waals surface area contributed by atoms with Gasteiger partial charge in [-0.15, -0.1) is 0 Å². The van der Waals surface area contributed by atoms with Crippen molar-refractivity contribution in [1.29, 1.82) is 0 Å². The highest BCUT2D eigenvalue weighted by atomic mass is 16.7. The summed E-state index contributed by atoms with van der Waals surface area (Å²) in [6.07, 6.45) is 1.60. The molecule has 0 saturated heterocycles. The first-order valence-electron chi connectivity index (χ1n) is 8.80. The summed E-state index contributed by atoms with van der Waals surface area (Å²) >= 11 is 0. The van der Waals surface area contributed by atoms with Crippen LogP contribution in [0.1, 0.15) is 10.4 Å². The number of pyridine rings is 1. The summed E-state index contributed by atoms with van der Waals surface area (Å²) < 4.78 is 10.6. The summed E-state index contributed by atoms with van der Waals surface area (Å²) in [5.74, 6) is 1.66. The highest BCUT2D eigenvalue weighted by Gasteiger charge is 2.15. The summed E-state index contributed by atoms with van der Waals surface area (Å²) in [7, 11) is 3.98. The van der Waals surface area contributed by atoms with Gasteiger partial charge in [0.25, 0.3) is 5.91 Å². The first-order chi connectivity index (χ1) is 13.6. The van der Waals surface area contributed by atoms with Crippen molar-refractivity contribution in [3.8, 4) is 11.5 Å². The molecule has 1 aromatic heterocycles. The number of hydrogen-bond donors (Lipinski definition) is 2. The molecule has 0 unspecified atom stereocenters. The Bertz CT molecular complexity index is 1000. The molecule has 0 radical (unpaired) electrons. The van der Waals surface area contributed by atoms with E-state index >= 15 is 0 Å². The molecule has 1 aliphatic heterocycles. The third-order valence-electron chi connectivity index (χ3n) is 4.31.